The average Bonchev–Trinajstić information content (AvgIpc) is 2.35. The first-order chi connectivity index (χ1) is 8.08. The molecule has 94 valence electrons. The van der Waals surface area contributed by atoms with Gasteiger partial charge in [0.05, 0.1) is 0 Å². The Bertz CT molecular complexity index is 390. The van der Waals surface area contributed by atoms with Crippen LogP contribution in [0.15, 0.2) is 30.4 Å². The Kier molecular flexibility index (Phi) is 5.52. The highest BCUT2D eigenvalue weighted by molar-refractivity contribution is 6.30. The van der Waals surface area contributed by atoms with Gasteiger partial charge in [0.1, 0.15) is 12.4 Å². The molecule has 0 saturated heterocycles. The lowest BCUT2D eigenvalue weighted by Gasteiger charge is -2.17. The maximum Gasteiger partial charge on any atom is 0.124 e. The van der Waals surface area contributed by atoms with Crippen LogP contribution in [0.2, 0.25) is 5.02 Å². The molecule has 0 fully saturated rings. The molecule has 2 nitrogen and oxygen atoms in total. The van der Waals surface area contributed by atoms with E-state index in [4.69, 9.17) is 16.3 Å². The largest absolute Gasteiger partial charge is 0.489 e. The molecule has 0 spiro atoms. The number of hydrogen-bond acceptors (Lipinski definition) is 2. The van der Waals surface area contributed by atoms with E-state index in [9.17, 15) is 0 Å². The molecular formula is C14H20ClNO. The number of hydrogen-bond donors (Lipinski definition) is 1. The van der Waals surface area contributed by atoms with Crippen LogP contribution in [0.3, 0.4) is 0 Å². The Labute approximate surface area is 109 Å². The molecule has 0 amide bonds. The van der Waals surface area contributed by atoms with Crippen LogP contribution in [0.25, 0.3) is 0 Å². The average molecular weight is 254 g/mol. The number of benzene rings is 1. The second kappa shape index (κ2) is 6.67. The highest BCUT2D eigenvalue weighted by atomic mass is 35.5. The first-order valence-corrected chi connectivity index (χ1v) is 6.22. The third-order valence-electron chi connectivity index (χ3n) is 2.80. The summed E-state index contributed by atoms with van der Waals surface area (Å²) < 4.78 is 5.77. The molecule has 1 unspecified atom stereocenters. The molecule has 0 aliphatic carbocycles. The smallest absolute Gasteiger partial charge is 0.124 e. The zero-order valence-corrected chi connectivity index (χ0v) is 11.5. The third-order valence-corrected chi connectivity index (χ3v) is 3.04. The zero-order valence-electron chi connectivity index (χ0n) is 10.7. The van der Waals surface area contributed by atoms with Gasteiger partial charge in [-0.05, 0) is 44.2 Å². The summed E-state index contributed by atoms with van der Waals surface area (Å²) in [5, 5.41) is 3.92. The lowest BCUT2D eigenvalue weighted by molar-refractivity contribution is 0.342. The Morgan fingerprint density at radius 1 is 1.53 bits per heavy atom. The molecule has 17 heavy (non-hydrogen) atoms. The van der Waals surface area contributed by atoms with Gasteiger partial charge < -0.3 is 10.1 Å². The van der Waals surface area contributed by atoms with E-state index in [0.717, 1.165) is 28.3 Å². The van der Waals surface area contributed by atoms with E-state index in [2.05, 4.69) is 25.7 Å². The summed E-state index contributed by atoms with van der Waals surface area (Å²) in [5.74, 6) is 0.867. The van der Waals surface area contributed by atoms with Crippen LogP contribution < -0.4 is 10.1 Å². The Balaban J connectivity index is 2.86. The van der Waals surface area contributed by atoms with Gasteiger partial charge in [-0.25, -0.2) is 0 Å². The molecule has 0 radical (unpaired) electrons. The molecular weight excluding hydrogens is 234 g/mol. The van der Waals surface area contributed by atoms with Gasteiger partial charge in [-0.1, -0.05) is 25.1 Å². The van der Waals surface area contributed by atoms with Crippen LogP contribution in [-0.2, 0) is 0 Å². The summed E-state index contributed by atoms with van der Waals surface area (Å²) in [6, 6.07) is 5.90. The first-order valence-electron chi connectivity index (χ1n) is 5.84. The summed E-state index contributed by atoms with van der Waals surface area (Å²) in [4.78, 5) is 0. The van der Waals surface area contributed by atoms with E-state index < -0.39 is 0 Å². The van der Waals surface area contributed by atoms with Gasteiger partial charge >= 0.3 is 0 Å². The van der Waals surface area contributed by atoms with E-state index in [0.29, 0.717) is 6.61 Å². The molecule has 0 aliphatic rings. The SMILES string of the molecule is C=C(CC)COc1ccc(Cl)cc1C(C)NC. The molecule has 0 saturated carbocycles. The normalized spacial score (nSPS) is 12.2. The minimum Gasteiger partial charge on any atom is -0.489 e. The van der Waals surface area contributed by atoms with E-state index in [1.165, 1.54) is 0 Å². The van der Waals surface area contributed by atoms with Crippen molar-refractivity contribution < 1.29 is 4.74 Å². The van der Waals surface area contributed by atoms with E-state index in [-0.39, 0.29) is 6.04 Å². The van der Waals surface area contributed by atoms with Crippen LogP contribution in [0.4, 0.5) is 0 Å². The Morgan fingerprint density at radius 3 is 2.82 bits per heavy atom. The monoisotopic (exact) mass is 253 g/mol. The van der Waals surface area contributed by atoms with Crippen molar-refractivity contribution in [2.24, 2.45) is 0 Å². The van der Waals surface area contributed by atoms with Crippen molar-refractivity contribution >= 4 is 11.6 Å². The fourth-order valence-corrected chi connectivity index (χ4v) is 1.61. The minimum absolute atomic E-state index is 0.207. The van der Waals surface area contributed by atoms with Gasteiger partial charge in [0.25, 0.3) is 0 Å². The van der Waals surface area contributed by atoms with Crippen molar-refractivity contribution in [2.75, 3.05) is 13.7 Å². The highest BCUT2D eigenvalue weighted by Crippen LogP contribution is 2.28. The standard InChI is InChI=1S/C14H20ClNO/c1-5-10(2)9-17-14-7-6-12(15)8-13(14)11(3)16-4/h6-8,11,16H,2,5,9H2,1,3-4H3. The van der Waals surface area contributed by atoms with Gasteiger partial charge in [-0.3, -0.25) is 0 Å². The van der Waals surface area contributed by atoms with Crippen molar-refractivity contribution in [3.8, 4) is 5.75 Å². The third kappa shape index (κ3) is 4.06. The topological polar surface area (TPSA) is 21.3 Å². The van der Waals surface area contributed by atoms with Crippen molar-refractivity contribution in [1.82, 2.24) is 5.32 Å². The van der Waals surface area contributed by atoms with E-state index >= 15 is 0 Å². The highest BCUT2D eigenvalue weighted by Gasteiger charge is 2.11. The van der Waals surface area contributed by atoms with Crippen LogP contribution in [0, 0.1) is 0 Å². The van der Waals surface area contributed by atoms with Gasteiger partial charge in [0.15, 0.2) is 0 Å². The summed E-state index contributed by atoms with van der Waals surface area (Å²) >= 11 is 6.01. The van der Waals surface area contributed by atoms with Crippen LogP contribution in [0.5, 0.6) is 5.75 Å². The lowest BCUT2D eigenvalue weighted by Crippen LogP contribution is -2.14. The molecule has 1 aromatic carbocycles. The quantitative estimate of drug-likeness (QED) is 0.775. The number of nitrogens with one attached hydrogen (secondary N) is 1. The molecule has 0 aliphatic heterocycles. The van der Waals surface area contributed by atoms with Gasteiger partial charge in [-0.2, -0.15) is 0 Å². The Hall–Kier alpha value is -0.990. The minimum atomic E-state index is 0.207. The molecule has 0 aromatic heterocycles. The maximum absolute atomic E-state index is 6.01. The fourth-order valence-electron chi connectivity index (χ4n) is 1.43. The molecule has 0 bridgehead atoms. The summed E-state index contributed by atoms with van der Waals surface area (Å²) in [7, 11) is 1.92. The Morgan fingerprint density at radius 2 is 2.24 bits per heavy atom. The lowest BCUT2D eigenvalue weighted by atomic mass is 10.1. The molecule has 1 N–H and O–H groups in total. The van der Waals surface area contributed by atoms with Crippen molar-refractivity contribution in [2.45, 2.75) is 26.3 Å². The van der Waals surface area contributed by atoms with E-state index in [1.54, 1.807) is 0 Å². The molecule has 3 heteroatoms. The fraction of sp³-hybridized carbons (Fsp3) is 0.429. The number of halogens is 1. The summed E-state index contributed by atoms with van der Waals surface area (Å²) in [6.45, 7) is 8.64. The van der Waals surface area contributed by atoms with Crippen LogP contribution >= 0.6 is 11.6 Å². The molecule has 1 rings (SSSR count). The van der Waals surface area contributed by atoms with E-state index in [1.807, 2.05) is 25.2 Å². The predicted octanol–water partition coefficient (Wildman–Crippen LogP) is 3.97. The molecule has 1 aromatic rings. The van der Waals surface area contributed by atoms with Gasteiger partial charge in [0.2, 0.25) is 0 Å². The van der Waals surface area contributed by atoms with Crippen molar-refractivity contribution in [1.29, 1.82) is 0 Å². The number of ether oxygens (including phenoxy) is 1. The van der Waals surface area contributed by atoms with Crippen molar-refractivity contribution in [3.05, 3.63) is 40.9 Å². The van der Waals surface area contributed by atoms with Gasteiger partial charge in [0, 0.05) is 16.6 Å². The maximum atomic E-state index is 6.01. The van der Waals surface area contributed by atoms with Crippen LogP contribution in [0.1, 0.15) is 31.9 Å². The second-order valence-electron chi connectivity index (χ2n) is 4.08. The summed E-state index contributed by atoms with van der Waals surface area (Å²) in [6.07, 6.45) is 0.935. The predicted molar refractivity (Wildman–Crippen MR) is 73.9 cm³/mol. The number of rotatable bonds is 6. The summed E-state index contributed by atoms with van der Waals surface area (Å²) in [5.41, 5.74) is 2.16. The van der Waals surface area contributed by atoms with Crippen molar-refractivity contribution in [3.63, 3.8) is 0 Å². The second-order valence-corrected chi connectivity index (χ2v) is 4.52. The van der Waals surface area contributed by atoms with Crippen LogP contribution in [-0.4, -0.2) is 13.7 Å². The molecule has 0 heterocycles. The molecule has 1 atom stereocenters. The zero-order chi connectivity index (χ0) is 12.8. The van der Waals surface area contributed by atoms with Gasteiger partial charge in [-0.15, -0.1) is 0 Å². The first kappa shape index (κ1) is 14.1.